The number of carbonyl (C=O) groups excluding carboxylic acids is 1. The minimum absolute atomic E-state index is 0.00568. The molecule has 1 aliphatic rings. The fraction of sp³-hybridized carbons (Fsp3) is 0.500. The number of anilines is 1. The third-order valence-corrected chi connectivity index (χ3v) is 3.74. The van der Waals surface area contributed by atoms with Gasteiger partial charge in [0.25, 0.3) is 5.69 Å². The van der Waals surface area contributed by atoms with E-state index in [2.05, 4.69) is 0 Å². The van der Waals surface area contributed by atoms with Gasteiger partial charge in [-0.05, 0) is 32.8 Å². The van der Waals surface area contributed by atoms with Gasteiger partial charge >= 0.3 is 0 Å². The first kappa shape index (κ1) is 13.5. The Kier molecular flexibility index (Phi) is 3.83. The lowest BCUT2D eigenvalue weighted by Gasteiger charge is -2.33. The summed E-state index contributed by atoms with van der Waals surface area (Å²) in [5, 5.41) is 11.2. The standard InChI is InChI=1S/C14H18N2O3/c1-10-5-3-7-13(14(10)16(18)19)15-8-4-6-12(9-15)11(2)17/h3,5,7,12H,4,6,8-9H2,1-2H3. The molecular formula is C14H18N2O3. The van der Waals surface area contributed by atoms with Crippen molar-refractivity contribution in [3.63, 3.8) is 0 Å². The van der Waals surface area contributed by atoms with Crippen LogP contribution in [0.2, 0.25) is 0 Å². The normalized spacial score (nSPS) is 19.3. The molecule has 1 fully saturated rings. The van der Waals surface area contributed by atoms with Crippen LogP contribution in [-0.2, 0) is 4.79 Å². The van der Waals surface area contributed by atoms with Crippen LogP contribution in [0.25, 0.3) is 0 Å². The van der Waals surface area contributed by atoms with Gasteiger partial charge in [-0.15, -0.1) is 0 Å². The Hall–Kier alpha value is -1.91. The second-order valence-corrected chi connectivity index (χ2v) is 5.10. The van der Waals surface area contributed by atoms with Gasteiger partial charge in [-0.25, -0.2) is 0 Å². The van der Waals surface area contributed by atoms with Crippen molar-refractivity contribution in [3.05, 3.63) is 33.9 Å². The van der Waals surface area contributed by atoms with Crippen molar-refractivity contribution in [2.24, 2.45) is 5.92 Å². The number of nitro benzene ring substituents is 1. The summed E-state index contributed by atoms with van der Waals surface area (Å²) < 4.78 is 0. The highest BCUT2D eigenvalue weighted by Crippen LogP contribution is 2.34. The fourth-order valence-corrected chi connectivity index (χ4v) is 2.66. The van der Waals surface area contributed by atoms with Crippen molar-refractivity contribution in [2.75, 3.05) is 18.0 Å². The molecule has 0 aromatic heterocycles. The molecule has 102 valence electrons. The summed E-state index contributed by atoms with van der Waals surface area (Å²) in [5.74, 6) is 0.161. The Morgan fingerprint density at radius 1 is 1.47 bits per heavy atom. The second kappa shape index (κ2) is 5.38. The molecule has 19 heavy (non-hydrogen) atoms. The van der Waals surface area contributed by atoms with Gasteiger partial charge in [0.15, 0.2) is 0 Å². The zero-order valence-electron chi connectivity index (χ0n) is 11.3. The molecule has 0 amide bonds. The van der Waals surface area contributed by atoms with Gasteiger partial charge in [0, 0.05) is 24.6 Å². The van der Waals surface area contributed by atoms with Gasteiger partial charge in [-0.1, -0.05) is 12.1 Å². The van der Waals surface area contributed by atoms with Crippen LogP contribution in [0.5, 0.6) is 0 Å². The van der Waals surface area contributed by atoms with Crippen LogP contribution in [-0.4, -0.2) is 23.8 Å². The minimum Gasteiger partial charge on any atom is -0.365 e. The number of rotatable bonds is 3. The number of para-hydroxylation sites is 1. The van der Waals surface area contributed by atoms with Crippen LogP contribution in [0, 0.1) is 23.0 Å². The zero-order chi connectivity index (χ0) is 14.0. The highest BCUT2D eigenvalue weighted by atomic mass is 16.6. The number of hydrogen-bond acceptors (Lipinski definition) is 4. The SMILES string of the molecule is CC(=O)C1CCCN(c2cccc(C)c2[N+](=O)[O-])C1. The van der Waals surface area contributed by atoms with Crippen LogP contribution in [0.4, 0.5) is 11.4 Å². The molecule has 1 aromatic rings. The van der Waals surface area contributed by atoms with Gasteiger partial charge in [0.2, 0.25) is 0 Å². The summed E-state index contributed by atoms with van der Waals surface area (Å²) in [6.07, 6.45) is 1.78. The third kappa shape index (κ3) is 2.75. The highest BCUT2D eigenvalue weighted by molar-refractivity contribution is 5.79. The number of benzene rings is 1. The highest BCUT2D eigenvalue weighted by Gasteiger charge is 2.28. The van der Waals surface area contributed by atoms with E-state index in [0.717, 1.165) is 19.4 Å². The van der Waals surface area contributed by atoms with Gasteiger partial charge in [0.1, 0.15) is 11.5 Å². The van der Waals surface area contributed by atoms with Crippen molar-refractivity contribution in [2.45, 2.75) is 26.7 Å². The molecule has 0 radical (unpaired) electrons. The van der Waals surface area contributed by atoms with E-state index in [1.54, 1.807) is 26.0 Å². The van der Waals surface area contributed by atoms with E-state index in [0.29, 0.717) is 17.8 Å². The zero-order valence-corrected chi connectivity index (χ0v) is 11.3. The Balaban J connectivity index is 2.34. The smallest absolute Gasteiger partial charge is 0.295 e. The minimum atomic E-state index is -0.331. The second-order valence-electron chi connectivity index (χ2n) is 5.10. The van der Waals surface area contributed by atoms with E-state index >= 15 is 0 Å². The van der Waals surface area contributed by atoms with Crippen molar-refractivity contribution in [1.82, 2.24) is 0 Å². The number of Topliss-reactive ketones (excluding diaryl/α,β-unsaturated/α-hetero) is 1. The molecule has 5 nitrogen and oxygen atoms in total. The van der Waals surface area contributed by atoms with Gasteiger partial charge in [-0.2, -0.15) is 0 Å². The first-order valence-electron chi connectivity index (χ1n) is 6.50. The van der Waals surface area contributed by atoms with E-state index in [-0.39, 0.29) is 22.3 Å². The molecule has 0 saturated carbocycles. The number of ketones is 1. The number of nitrogens with zero attached hydrogens (tertiary/aromatic N) is 2. The molecule has 0 N–H and O–H groups in total. The molecule has 5 heteroatoms. The van der Waals surface area contributed by atoms with Crippen LogP contribution in [0.3, 0.4) is 0 Å². The first-order chi connectivity index (χ1) is 9.00. The van der Waals surface area contributed by atoms with E-state index in [1.165, 1.54) is 0 Å². The lowest BCUT2D eigenvalue weighted by atomic mass is 9.94. The first-order valence-corrected chi connectivity index (χ1v) is 6.50. The molecule has 2 rings (SSSR count). The lowest BCUT2D eigenvalue weighted by molar-refractivity contribution is -0.384. The van der Waals surface area contributed by atoms with E-state index in [9.17, 15) is 14.9 Å². The maximum atomic E-state index is 11.5. The molecule has 1 saturated heterocycles. The van der Waals surface area contributed by atoms with E-state index in [1.807, 2.05) is 11.0 Å². The predicted molar refractivity (Wildman–Crippen MR) is 73.5 cm³/mol. The van der Waals surface area contributed by atoms with Crippen LogP contribution < -0.4 is 4.90 Å². The summed E-state index contributed by atoms with van der Waals surface area (Å²) in [6.45, 7) is 4.69. The average Bonchev–Trinajstić information content (AvgIpc) is 2.38. The molecule has 0 aliphatic carbocycles. The fourth-order valence-electron chi connectivity index (χ4n) is 2.66. The molecule has 1 aromatic carbocycles. The third-order valence-electron chi connectivity index (χ3n) is 3.74. The van der Waals surface area contributed by atoms with Crippen LogP contribution >= 0.6 is 0 Å². The summed E-state index contributed by atoms with van der Waals surface area (Å²) in [7, 11) is 0. The predicted octanol–water partition coefficient (Wildman–Crippen LogP) is 2.71. The summed E-state index contributed by atoms with van der Waals surface area (Å²) in [5.41, 5.74) is 1.45. The maximum Gasteiger partial charge on any atom is 0.295 e. The number of piperidine rings is 1. The molecule has 1 aliphatic heterocycles. The van der Waals surface area contributed by atoms with Gasteiger partial charge in [-0.3, -0.25) is 14.9 Å². The Morgan fingerprint density at radius 2 is 2.21 bits per heavy atom. The van der Waals surface area contributed by atoms with Crippen molar-refractivity contribution in [1.29, 1.82) is 0 Å². The number of carbonyl (C=O) groups is 1. The Labute approximate surface area is 112 Å². The lowest BCUT2D eigenvalue weighted by Crippen LogP contribution is -2.38. The maximum absolute atomic E-state index is 11.5. The van der Waals surface area contributed by atoms with Crippen LogP contribution in [0.1, 0.15) is 25.3 Å². The summed E-state index contributed by atoms with van der Waals surface area (Å²) >= 11 is 0. The van der Waals surface area contributed by atoms with Crippen molar-refractivity contribution in [3.8, 4) is 0 Å². The number of aryl methyl sites for hydroxylation is 1. The molecule has 0 spiro atoms. The quantitative estimate of drug-likeness (QED) is 0.620. The average molecular weight is 262 g/mol. The molecule has 1 heterocycles. The Bertz CT molecular complexity index is 513. The molecule has 1 atom stereocenters. The van der Waals surface area contributed by atoms with E-state index < -0.39 is 0 Å². The molecule has 0 bridgehead atoms. The Morgan fingerprint density at radius 3 is 2.84 bits per heavy atom. The molecule has 1 unspecified atom stereocenters. The van der Waals surface area contributed by atoms with E-state index in [4.69, 9.17) is 0 Å². The topological polar surface area (TPSA) is 63.5 Å². The van der Waals surface area contributed by atoms with Gasteiger partial charge < -0.3 is 4.90 Å². The largest absolute Gasteiger partial charge is 0.365 e. The summed E-state index contributed by atoms with van der Waals surface area (Å²) in [4.78, 5) is 24.4. The number of hydrogen-bond donors (Lipinski definition) is 0. The monoisotopic (exact) mass is 262 g/mol. The molecular weight excluding hydrogens is 244 g/mol. The summed E-state index contributed by atoms with van der Waals surface area (Å²) in [6, 6.07) is 5.34. The van der Waals surface area contributed by atoms with Crippen molar-refractivity contribution >= 4 is 17.2 Å². The van der Waals surface area contributed by atoms with Gasteiger partial charge in [0.05, 0.1) is 4.92 Å². The van der Waals surface area contributed by atoms with Crippen LogP contribution in [0.15, 0.2) is 18.2 Å². The van der Waals surface area contributed by atoms with Crippen molar-refractivity contribution < 1.29 is 9.72 Å². The number of nitro groups is 1.